The van der Waals surface area contributed by atoms with E-state index in [-0.39, 0.29) is 0 Å². The Labute approximate surface area is 114 Å². The topological polar surface area (TPSA) is 40.5 Å². The molecule has 1 rings (SSSR count). The van der Waals surface area contributed by atoms with Gasteiger partial charge in [-0.2, -0.15) is 0 Å². The molecule has 0 aromatic heterocycles. The van der Waals surface area contributed by atoms with Crippen LogP contribution >= 0.6 is 0 Å². The first kappa shape index (κ1) is 14.8. The van der Waals surface area contributed by atoms with Gasteiger partial charge in [0.1, 0.15) is 0 Å². The highest BCUT2D eigenvalue weighted by atomic mass is 16.4. The molecule has 0 radical (unpaired) electrons. The smallest absolute Gasteiger partial charge is 0.328 e. The number of rotatable bonds is 7. The quantitative estimate of drug-likeness (QED) is 0.602. The molecule has 0 fully saturated rings. The molecule has 1 N–H and O–H groups in total. The number of aryl methyl sites for hydroxylation is 1. The molecule has 1 aromatic rings. The normalized spacial score (nSPS) is 10.4. The van der Waals surface area contributed by atoms with Gasteiger partial charge >= 0.3 is 5.97 Å². The van der Waals surface area contributed by atoms with Crippen LogP contribution in [-0.2, 0) is 4.79 Å². The van der Waals surface area contributed by atoms with Gasteiger partial charge in [-0.05, 0) is 36.3 Å². The van der Waals surface area contributed by atoms with E-state index in [2.05, 4.69) is 18.1 Å². The lowest BCUT2D eigenvalue weighted by Gasteiger charge is -2.23. The second-order valence-corrected chi connectivity index (χ2v) is 4.20. The van der Waals surface area contributed by atoms with Crippen molar-refractivity contribution in [1.82, 2.24) is 0 Å². The summed E-state index contributed by atoms with van der Waals surface area (Å²) in [4.78, 5) is 12.6. The van der Waals surface area contributed by atoms with Gasteiger partial charge in [0.2, 0.25) is 0 Å². The van der Waals surface area contributed by atoms with E-state index in [1.165, 1.54) is 0 Å². The third-order valence-electron chi connectivity index (χ3n) is 2.68. The summed E-state index contributed by atoms with van der Waals surface area (Å²) in [6.45, 7) is 11.0. The van der Waals surface area contributed by atoms with E-state index in [0.29, 0.717) is 0 Å². The van der Waals surface area contributed by atoms with Gasteiger partial charge in [0.25, 0.3) is 0 Å². The van der Waals surface area contributed by atoms with Crippen LogP contribution in [0.3, 0.4) is 0 Å². The van der Waals surface area contributed by atoms with Crippen molar-refractivity contribution in [2.45, 2.75) is 6.92 Å². The number of hydrogen-bond acceptors (Lipinski definition) is 2. The maximum absolute atomic E-state index is 10.5. The van der Waals surface area contributed by atoms with E-state index in [1.807, 2.05) is 37.3 Å². The van der Waals surface area contributed by atoms with E-state index in [1.54, 1.807) is 6.08 Å². The van der Waals surface area contributed by atoms with Gasteiger partial charge in [0, 0.05) is 24.9 Å². The summed E-state index contributed by atoms with van der Waals surface area (Å²) in [5.74, 6) is -0.943. The van der Waals surface area contributed by atoms with Gasteiger partial charge in [-0.3, -0.25) is 0 Å². The molecule has 0 aliphatic heterocycles. The third-order valence-corrected chi connectivity index (χ3v) is 2.68. The van der Waals surface area contributed by atoms with Crippen molar-refractivity contribution >= 4 is 17.7 Å². The van der Waals surface area contributed by atoms with Crippen LogP contribution in [0.25, 0.3) is 6.08 Å². The summed E-state index contributed by atoms with van der Waals surface area (Å²) >= 11 is 0. The fraction of sp³-hybridized carbons (Fsp3) is 0.188. The Hall–Kier alpha value is -2.29. The molecule has 0 amide bonds. The molecule has 3 heteroatoms. The lowest BCUT2D eigenvalue weighted by Crippen LogP contribution is -2.23. The summed E-state index contributed by atoms with van der Waals surface area (Å²) in [6, 6.07) is 5.86. The molecule has 19 heavy (non-hydrogen) atoms. The van der Waals surface area contributed by atoms with E-state index in [4.69, 9.17) is 5.11 Å². The third kappa shape index (κ3) is 4.47. The maximum Gasteiger partial charge on any atom is 0.328 e. The zero-order valence-electron chi connectivity index (χ0n) is 11.2. The number of nitrogens with zero attached hydrogens (tertiary/aromatic N) is 1. The highest BCUT2D eigenvalue weighted by Crippen LogP contribution is 2.22. The average molecular weight is 257 g/mol. The Morgan fingerprint density at radius 1 is 1.32 bits per heavy atom. The summed E-state index contributed by atoms with van der Waals surface area (Å²) in [6.07, 6.45) is 6.42. The largest absolute Gasteiger partial charge is 0.478 e. The minimum Gasteiger partial charge on any atom is -0.478 e. The van der Waals surface area contributed by atoms with Crippen LogP contribution in [0.5, 0.6) is 0 Å². The van der Waals surface area contributed by atoms with Crippen molar-refractivity contribution in [2.24, 2.45) is 0 Å². The monoisotopic (exact) mass is 257 g/mol. The molecule has 0 aliphatic rings. The van der Waals surface area contributed by atoms with Gasteiger partial charge in [-0.1, -0.05) is 18.2 Å². The zero-order valence-corrected chi connectivity index (χ0v) is 11.2. The number of anilines is 1. The SMILES string of the molecule is C=CCN(CC=C)c1ccc(C=CC(=O)O)cc1C. The van der Waals surface area contributed by atoms with Crippen molar-refractivity contribution in [1.29, 1.82) is 0 Å². The van der Waals surface area contributed by atoms with Crippen molar-refractivity contribution in [3.8, 4) is 0 Å². The van der Waals surface area contributed by atoms with Crippen LogP contribution in [0.2, 0.25) is 0 Å². The van der Waals surface area contributed by atoms with Crippen molar-refractivity contribution in [3.63, 3.8) is 0 Å². The highest BCUT2D eigenvalue weighted by Gasteiger charge is 2.06. The second-order valence-electron chi connectivity index (χ2n) is 4.20. The summed E-state index contributed by atoms with van der Waals surface area (Å²) in [5, 5.41) is 8.61. The Balaban J connectivity index is 3.00. The van der Waals surface area contributed by atoms with Crippen molar-refractivity contribution < 1.29 is 9.90 Å². The Morgan fingerprint density at radius 2 is 1.95 bits per heavy atom. The zero-order chi connectivity index (χ0) is 14.3. The molecule has 0 spiro atoms. The Kier molecular flexibility index (Phi) is 5.61. The first-order valence-corrected chi connectivity index (χ1v) is 6.07. The number of benzene rings is 1. The number of hydrogen-bond donors (Lipinski definition) is 1. The van der Waals surface area contributed by atoms with Crippen molar-refractivity contribution in [2.75, 3.05) is 18.0 Å². The lowest BCUT2D eigenvalue weighted by atomic mass is 10.1. The minimum absolute atomic E-state index is 0.747. The van der Waals surface area contributed by atoms with Gasteiger partial charge < -0.3 is 10.0 Å². The van der Waals surface area contributed by atoms with Crippen LogP contribution in [0.1, 0.15) is 11.1 Å². The summed E-state index contributed by atoms with van der Waals surface area (Å²) < 4.78 is 0. The lowest BCUT2D eigenvalue weighted by molar-refractivity contribution is -0.131. The van der Waals surface area contributed by atoms with Crippen molar-refractivity contribution in [3.05, 3.63) is 60.7 Å². The van der Waals surface area contributed by atoms with Crippen LogP contribution < -0.4 is 4.90 Å². The number of carbonyl (C=O) groups is 1. The highest BCUT2D eigenvalue weighted by molar-refractivity contribution is 5.85. The van der Waals surface area contributed by atoms with Gasteiger partial charge in [-0.15, -0.1) is 13.2 Å². The van der Waals surface area contributed by atoms with Crippen LogP contribution in [0.4, 0.5) is 5.69 Å². The molecule has 0 aliphatic carbocycles. The number of aliphatic carboxylic acids is 1. The van der Waals surface area contributed by atoms with Gasteiger partial charge in [-0.25, -0.2) is 4.79 Å². The molecule has 3 nitrogen and oxygen atoms in total. The van der Waals surface area contributed by atoms with E-state index >= 15 is 0 Å². The predicted molar refractivity (Wildman–Crippen MR) is 80.5 cm³/mol. The molecule has 0 atom stereocenters. The standard InChI is InChI=1S/C16H19NO2/c1-4-10-17(11-5-2)15-8-6-14(12-13(15)3)7-9-16(18)19/h4-9,12H,1-2,10-11H2,3H3,(H,18,19). The molecule has 0 saturated heterocycles. The van der Waals surface area contributed by atoms with E-state index < -0.39 is 5.97 Å². The number of carboxylic acid groups (broad SMARTS) is 1. The molecular weight excluding hydrogens is 238 g/mol. The molecule has 0 heterocycles. The second kappa shape index (κ2) is 7.21. The molecular formula is C16H19NO2. The van der Waals surface area contributed by atoms with Gasteiger partial charge in [0.15, 0.2) is 0 Å². The predicted octanol–water partition coefficient (Wildman–Crippen LogP) is 3.27. The van der Waals surface area contributed by atoms with E-state index in [0.717, 1.165) is 36.0 Å². The molecule has 0 bridgehead atoms. The summed E-state index contributed by atoms with van der Waals surface area (Å²) in [5.41, 5.74) is 3.07. The fourth-order valence-electron chi connectivity index (χ4n) is 1.89. The molecule has 0 saturated carbocycles. The van der Waals surface area contributed by atoms with Gasteiger partial charge in [0.05, 0.1) is 0 Å². The van der Waals surface area contributed by atoms with E-state index in [9.17, 15) is 4.79 Å². The Morgan fingerprint density at radius 3 is 2.42 bits per heavy atom. The molecule has 100 valence electrons. The first-order chi connectivity index (χ1) is 9.08. The number of carboxylic acids is 1. The molecule has 0 unspecified atom stereocenters. The van der Waals surface area contributed by atoms with Crippen LogP contribution in [-0.4, -0.2) is 24.2 Å². The minimum atomic E-state index is -0.943. The van der Waals surface area contributed by atoms with Crippen LogP contribution in [0, 0.1) is 6.92 Å². The first-order valence-electron chi connectivity index (χ1n) is 6.07. The molecule has 1 aromatic carbocycles. The average Bonchev–Trinajstić information content (AvgIpc) is 2.36. The summed E-state index contributed by atoms with van der Waals surface area (Å²) in [7, 11) is 0. The fourth-order valence-corrected chi connectivity index (χ4v) is 1.89. The maximum atomic E-state index is 10.5. The van der Waals surface area contributed by atoms with Crippen LogP contribution in [0.15, 0.2) is 49.6 Å². The Bertz CT molecular complexity index is 493.